The van der Waals surface area contributed by atoms with Gasteiger partial charge in [-0.2, -0.15) is 0 Å². The molecule has 5 nitrogen and oxygen atoms in total. The normalized spacial score (nSPS) is 11.8. The first-order valence-corrected chi connectivity index (χ1v) is 9.33. The van der Waals surface area contributed by atoms with Crippen LogP contribution in [-0.2, 0) is 21.2 Å². The maximum absolute atomic E-state index is 11.6. The van der Waals surface area contributed by atoms with E-state index in [1.807, 2.05) is 11.4 Å². The first-order valence-electron chi connectivity index (χ1n) is 6.60. The summed E-state index contributed by atoms with van der Waals surface area (Å²) in [6.45, 7) is 0.937. The molecule has 0 atom stereocenters. The highest BCUT2D eigenvalue weighted by Crippen LogP contribution is 2.11. The van der Waals surface area contributed by atoms with Gasteiger partial charge in [0.15, 0.2) is 0 Å². The number of nitrogens with zero attached hydrogens (tertiary/aromatic N) is 1. The van der Waals surface area contributed by atoms with Gasteiger partial charge in [-0.3, -0.25) is 4.79 Å². The molecule has 0 unspecified atom stereocenters. The fourth-order valence-electron chi connectivity index (χ4n) is 1.66. The Kier molecular flexibility index (Phi) is 7.18. The first kappa shape index (κ1) is 17.1. The SMILES string of the molecule is CN(CCCNC(=O)CCCc1cccs1)S(C)(=O)=O. The van der Waals surface area contributed by atoms with Gasteiger partial charge in [0, 0.05) is 31.4 Å². The van der Waals surface area contributed by atoms with Crippen molar-refractivity contribution in [2.24, 2.45) is 0 Å². The summed E-state index contributed by atoms with van der Waals surface area (Å²) in [7, 11) is -1.58. The van der Waals surface area contributed by atoms with Gasteiger partial charge in [-0.1, -0.05) is 6.07 Å². The minimum absolute atomic E-state index is 0.0311. The van der Waals surface area contributed by atoms with Crippen LogP contribution in [0.5, 0.6) is 0 Å². The molecule has 20 heavy (non-hydrogen) atoms. The number of hydrogen-bond acceptors (Lipinski definition) is 4. The number of nitrogens with one attached hydrogen (secondary N) is 1. The lowest BCUT2D eigenvalue weighted by Gasteiger charge is -2.13. The van der Waals surface area contributed by atoms with Crippen LogP contribution in [0.4, 0.5) is 0 Å². The van der Waals surface area contributed by atoms with Crippen LogP contribution in [0.1, 0.15) is 24.1 Å². The van der Waals surface area contributed by atoms with Gasteiger partial charge in [0.2, 0.25) is 15.9 Å². The van der Waals surface area contributed by atoms with Crippen molar-refractivity contribution in [1.29, 1.82) is 0 Å². The Labute approximate surface area is 125 Å². The van der Waals surface area contributed by atoms with E-state index in [1.165, 1.54) is 22.5 Å². The van der Waals surface area contributed by atoms with E-state index in [1.54, 1.807) is 11.3 Å². The molecule has 1 amide bonds. The van der Waals surface area contributed by atoms with Gasteiger partial charge in [-0.25, -0.2) is 12.7 Å². The lowest BCUT2D eigenvalue weighted by Crippen LogP contribution is -2.30. The number of sulfonamides is 1. The lowest BCUT2D eigenvalue weighted by molar-refractivity contribution is -0.121. The van der Waals surface area contributed by atoms with Crippen molar-refractivity contribution >= 4 is 27.3 Å². The summed E-state index contributed by atoms with van der Waals surface area (Å²) in [5.41, 5.74) is 0. The number of thiophene rings is 1. The Morgan fingerprint density at radius 3 is 2.75 bits per heavy atom. The topological polar surface area (TPSA) is 66.5 Å². The zero-order chi connectivity index (χ0) is 15.0. The number of aryl methyl sites for hydroxylation is 1. The lowest BCUT2D eigenvalue weighted by atomic mass is 10.2. The summed E-state index contributed by atoms with van der Waals surface area (Å²) in [6, 6.07) is 4.09. The van der Waals surface area contributed by atoms with Gasteiger partial charge in [0.1, 0.15) is 0 Å². The maximum Gasteiger partial charge on any atom is 0.220 e. The number of amides is 1. The van der Waals surface area contributed by atoms with Gasteiger partial charge in [-0.05, 0) is 30.7 Å². The van der Waals surface area contributed by atoms with Gasteiger partial charge >= 0.3 is 0 Å². The second-order valence-electron chi connectivity index (χ2n) is 4.72. The molecule has 1 rings (SSSR count). The molecule has 114 valence electrons. The Bertz CT molecular complexity index is 498. The third kappa shape index (κ3) is 7.02. The predicted octanol–water partition coefficient (Wildman–Crippen LogP) is 1.47. The summed E-state index contributed by atoms with van der Waals surface area (Å²) in [6.07, 6.45) is 4.09. The van der Waals surface area contributed by atoms with Crippen molar-refractivity contribution in [3.05, 3.63) is 22.4 Å². The highest BCUT2D eigenvalue weighted by Gasteiger charge is 2.09. The molecule has 1 heterocycles. The maximum atomic E-state index is 11.6. The second-order valence-corrected chi connectivity index (χ2v) is 7.84. The summed E-state index contributed by atoms with van der Waals surface area (Å²) < 4.78 is 23.6. The van der Waals surface area contributed by atoms with Crippen molar-refractivity contribution in [3.8, 4) is 0 Å². The van der Waals surface area contributed by atoms with E-state index in [2.05, 4.69) is 11.4 Å². The molecule has 0 aliphatic rings. The third-order valence-corrected chi connectivity index (χ3v) is 5.20. The molecule has 1 aromatic heterocycles. The largest absolute Gasteiger partial charge is 0.356 e. The third-order valence-electron chi connectivity index (χ3n) is 2.95. The fraction of sp³-hybridized carbons (Fsp3) is 0.615. The van der Waals surface area contributed by atoms with E-state index in [0.717, 1.165) is 12.8 Å². The summed E-state index contributed by atoms with van der Waals surface area (Å²) in [5, 5.41) is 4.85. The van der Waals surface area contributed by atoms with Crippen molar-refractivity contribution < 1.29 is 13.2 Å². The molecule has 0 radical (unpaired) electrons. The van der Waals surface area contributed by atoms with Crippen molar-refractivity contribution in [1.82, 2.24) is 9.62 Å². The molecule has 0 saturated heterocycles. The van der Waals surface area contributed by atoms with E-state index in [0.29, 0.717) is 25.9 Å². The Hall–Kier alpha value is -0.920. The minimum Gasteiger partial charge on any atom is -0.356 e. The Balaban J connectivity index is 2.06. The average Bonchev–Trinajstić information content (AvgIpc) is 2.86. The van der Waals surface area contributed by atoms with Gasteiger partial charge in [0.05, 0.1) is 6.26 Å². The fourth-order valence-corrected chi connectivity index (χ4v) is 2.87. The summed E-state index contributed by atoms with van der Waals surface area (Å²) in [5.74, 6) is 0.0311. The molecule has 0 saturated carbocycles. The van der Waals surface area contributed by atoms with Crippen LogP contribution in [0.15, 0.2) is 17.5 Å². The Morgan fingerprint density at radius 1 is 1.40 bits per heavy atom. The predicted molar refractivity (Wildman–Crippen MR) is 82.4 cm³/mol. The van der Waals surface area contributed by atoms with E-state index in [-0.39, 0.29) is 5.91 Å². The van der Waals surface area contributed by atoms with Gasteiger partial charge in [-0.15, -0.1) is 11.3 Å². The van der Waals surface area contributed by atoms with Gasteiger partial charge < -0.3 is 5.32 Å². The van der Waals surface area contributed by atoms with Crippen LogP contribution >= 0.6 is 11.3 Å². The van der Waals surface area contributed by atoms with E-state index in [9.17, 15) is 13.2 Å². The molecule has 0 aliphatic heterocycles. The minimum atomic E-state index is -3.12. The zero-order valence-corrected chi connectivity index (χ0v) is 13.6. The molecular weight excluding hydrogens is 296 g/mol. The quantitative estimate of drug-likeness (QED) is 0.701. The van der Waals surface area contributed by atoms with Crippen LogP contribution in [0.2, 0.25) is 0 Å². The molecule has 7 heteroatoms. The first-order chi connectivity index (χ1) is 9.39. The van der Waals surface area contributed by atoms with Crippen molar-refractivity contribution in [3.63, 3.8) is 0 Å². The molecule has 0 aromatic carbocycles. The van der Waals surface area contributed by atoms with E-state index < -0.39 is 10.0 Å². The molecule has 0 aliphatic carbocycles. The van der Waals surface area contributed by atoms with Crippen LogP contribution in [0.25, 0.3) is 0 Å². The van der Waals surface area contributed by atoms with Crippen LogP contribution in [-0.4, -0.2) is 45.0 Å². The number of carbonyl (C=O) groups is 1. The van der Waals surface area contributed by atoms with E-state index in [4.69, 9.17) is 0 Å². The van der Waals surface area contributed by atoms with Crippen LogP contribution in [0.3, 0.4) is 0 Å². The highest BCUT2D eigenvalue weighted by atomic mass is 32.2. The van der Waals surface area contributed by atoms with Crippen LogP contribution < -0.4 is 5.32 Å². The average molecular weight is 318 g/mol. The second kappa shape index (κ2) is 8.39. The Morgan fingerprint density at radius 2 is 2.15 bits per heavy atom. The molecular formula is C13H22N2O3S2. The van der Waals surface area contributed by atoms with Crippen molar-refractivity contribution in [2.75, 3.05) is 26.4 Å². The summed E-state index contributed by atoms with van der Waals surface area (Å²) >= 11 is 1.71. The number of carbonyl (C=O) groups excluding carboxylic acids is 1. The monoisotopic (exact) mass is 318 g/mol. The van der Waals surface area contributed by atoms with E-state index >= 15 is 0 Å². The molecule has 0 spiro atoms. The molecule has 0 bridgehead atoms. The summed E-state index contributed by atoms with van der Waals surface area (Å²) in [4.78, 5) is 12.9. The number of rotatable bonds is 9. The zero-order valence-electron chi connectivity index (χ0n) is 12.0. The van der Waals surface area contributed by atoms with Crippen LogP contribution in [0, 0.1) is 0 Å². The molecule has 1 aromatic rings. The number of hydrogen-bond donors (Lipinski definition) is 1. The smallest absolute Gasteiger partial charge is 0.220 e. The van der Waals surface area contributed by atoms with Gasteiger partial charge in [0.25, 0.3) is 0 Å². The standard InChI is InChI=1S/C13H22N2O3S2/c1-15(20(2,17)18)10-5-9-14-13(16)8-3-6-12-7-4-11-19-12/h4,7,11H,3,5-6,8-10H2,1-2H3,(H,14,16). The molecule has 0 fully saturated rings. The highest BCUT2D eigenvalue weighted by molar-refractivity contribution is 7.88. The molecule has 1 N–H and O–H groups in total. The van der Waals surface area contributed by atoms with Crippen molar-refractivity contribution in [2.45, 2.75) is 25.7 Å².